The molecule has 0 aliphatic carbocycles. The predicted octanol–water partition coefficient (Wildman–Crippen LogP) is 4.49. The van der Waals surface area contributed by atoms with Gasteiger partial charge in [0, 0.05) is 23.6 Å². The van der Waals surface area contributed by atoms with Gasteiger partial charge in [-0.15, -0.1) is 0 Å². The highest BCUT2D eigenvalue weighted by molar-refractivity contribution is 5.95. The second-order valence-electron chi connectivity index (χ2n) is 6.16. The highest BCUT2D eigenvalue weighted by Gasteiger charge is 2.18. The molecular weight excluding hydrogens is 332 g/mol. The molecule has 2 aromatic carbocycles. The Bertz CT molecular complexity index is 697. The second-order valence-corrected chi connectivity index (χ2v) is 6.16. The largest absolute Gasteiger partial charge is 0.504 e. The molecule has 0 aliphatic heterocycles. The van der Waals surface area contributed by atoms with Crippen molar-refractivity contribution in [2.75, 3.05) is 14.2 Å². The Labute approximate surface area is 154 Å². The number of carbonyl (C=O) groups excluding carboxylic acids is 1. The van der Waals surface area contributed by atoms with Crippen molar-refractivity contribution in [2.45, 2.75) is 38.5 Å². The average Bonchev–Trinajstić information content (AvgIpc) is 2.67. The Kier molecular flexibility index (Phi) is 7.33. The molecule has 0 amide bonds. The highest BCUT2D eigenvalue weighted by Crippen LogP contribution is 2.43. The van der Waals surface area contributed by atoms with Crippen molar-refractivity contribution in [3.8, 4) is 23.0 Å². The SMILES string of the molecule is COc1cc(OC)c(O)c(CCCCCCC(=O)c2ccccc2)c1O. The zero-order chi connectivity index (χ0) is 18.9. The van der Waals surface area contributed by atoms with Crippen molar-refractivity contribution in [3.05, 3.63) is 47.5 Å². The number of hydrogen-bond donors (Lipinski definition) is 2. The first kappa shape index (κ1) is 19.6. The van der Waals surface area contributed by atoms with E-state index in [0.29, 0.717) is 18.4 Å². The first-order valence-corrected chi connectivity index (χ1v) is 8.82. The van der Waals surface area contributed by atoms with Crippen LogP contribution in [0.1, 0.15) is 48.0 Å². The fourth-order valence-corrected chi connectivity index (χ4v) is 2.92. The van der Waals surface area contributed by atoms with E-state index in [1.165, 1.54) is 20.3 Å². The second kappa shape index (κ2) is 9.70. The number of unbranched alkanes of at least 4 members (excludes halogenated alkanes) is 3. The summed E-state index contributed by atoms with van der Waals surface area (Å²) in [4.78, 5) is 12.0. The van der Waals surface area contributed by atoms with E-state index in [4.69, 9.17) is 9.47 Å². The van der Waals surface area contributed by atoms with Crippen molar-refractivity contribution in [1.29, 1.82) is 0 Å². The molecule has 0 fully saturated rings. The number of phenols is 2. The molecule has 140 valence electrons. The lowest BCUT2D eigenvalue weighted by Crippen LogP contribution is -1.98. The molecule has 2 N–H and O–H groups in total. The molecule has 0 aromatic heterocycles. The Hall–Kier alpha value is -2.69. The van der Waals surface area contributed by atoms with Crippen LogP contribution in [0.15, 0.2) is 36.4 Å². The van der Waals surface area contributed by atoms with Gasteiger partial charge in [-0.05, 0) is 19.3 Å². The molecule has 0 saturated heterocycles. The third kappa shape index (κ3) is 4.91. The van der Waals surface area contributed by atoms with Gasteiger partial charge in [0.25, 0.3) is 0 Å². The van der Waals surface area contributed by atoms with E-state index in [1.807, 2.05) is 30.3 Å². The Morgan fingerprint density at radius 1 is 0.885 bits per heavy atom. The number of Topliss-reactive ketones (excluding diaryl/α,β-unsaturated/α-hetero) is 1. The van der Waals surface area contributed by atoms with E-state index in [9.17, 15) is 15.0 Å². The Balaban J connectivity index is 1.80. The third-order valence-electron chi connectivity index (χ3n) is 4.42. The number of carbonyl (C=O) groups is 1. The summed E-state index contributed by atoms with van der Waals surface area (Å²) in [5.41, 5.74) is 1.19. The van der Waals surface area contributed by atoms with Crippen LogP contribution in [-0.2, 0) is 6.42 Å². The molecule has 0 atom stereocenters. The first-order chi connectivity index (χ1) is 12.6. The van der Waals surface area contributed by atoms with Gasteiger partial charge in [-0.1, -0.05) is 43.2 Å². The molecule has 0 bridgehead atoms. The Morgan fingerprint density at radius 3 is 2.04 bits per heavy atom. The van der Waals surface area contributed by atoms with Crippen LogP contribution in [0.2, 0.25) is 0 Å². The standard InChI is InChI=1S/C21H26O5/c1-25-18-14-19(26-2)21(24)16(20(18)23)12-8-3-4-9-13-17(22)15-10-6-5-7-11-15/h5-7,10-11,14,23-24H,3-4,8-9,12-13H2,1-2H3. The molecule has 26 heavy (non-hydrogen) atoms. The monoisotopic (exact) mass is 358 g/mol. The maximum atomic E-state index is 12.0. The normalized spacial score (nSPS) is 10.5. The lowest BCUT2D eigenvalue weighted by atomic mass is 10.0. The van der Waals surface area contributed by atoms with E-state index >= 15 is 0 Å². The number of methoxy groups -OCH3 is 2. The summed E-state index contributed by atoms with van der Waals surface area (Å²) in [5.74, 6) is 0.625. The van der Waals surface area contributed by atoms with Gasteiger partial charge in [-0.2, -0.15) is 0 Å². The summed E-state index contributed by atoms with van der Waals surface area (Å²) in [6, 6.07) is 10.8. The summed E-state index contributed by atoms with van der Waals surface area (Å²) in [7, 11) is 2.91. The number of aromatic hydroxyl groups is 2. The van der Waals surface area contributed by atoms with Gasteiger partial charge in [-0.25, -0.2) is 0 Å². The van der Waals surface area contributed by atoms with E-state index in [2.05, 4.69) is 0 Å². The van der Waals surface area contributed by atoms with Gasteiger partial charge in [0.05, 0.1) is 14.2 Å². The quantitative estimate of drug-likeness (QED) is 0.483. The summed E-state index contributed by atoms with van der Waals surface area (Å²) in [6.45, 7) is 0. The average molecular weight is 358 g/mol. The lowest BCUT2D eigenvalue weighted by Gasteiger charge is -2.14. The molecule has 0 spiro atoms. The number of hydrogen-bond acceptors (Lipinski definition) is 5. The fourth-order valence-electron chi connectivity index (χ4n) is 2.92. The highest BCUT2D eigenvalue weighted by atomic mass is 16.5. The summed E-state index contributed by atoms with van der Waals surface area (Å²) >= 11 is 0. The summed E-state index contributed by atoms with van der Waals surface area (Å²) < 4.78 is 10.2. The van der Waals surface area contributed by atoms with Crippen LogP contribution in [0.25, 0.3) is 0 Å². The van der Waals surface area contributed by atoms with Crippen LogP contribution >= 0.6 is 0 Å². The van der Waals surface area contributed by atoms with E-state index in [0.717, 1.165) is 31.2 Å². The molecule has 2 rings (SSSR count). The van der Waals surface area contributed by atoms with Gasteiger partial charge in [0.1, 0.15) is 0 Å². The minimum absolute atomic E-state index is 0.0509. The first-order valence-electron chi connectivity index (χ1n) is 8.82. The van der Waals surface area contributed by atoms with Gasteiger partial charge in [-0.3, -0.25) is 4.79 Å². The van der Waals surface area contributed by atoms with Gasteiger partial charge >= 0.3 is 0 Å². The predicted molar refractivity (Wildman–Crippen MR) is 100 cm³/mol. The number of ketones is 1. The van der Waals surface area contributed by atoms with Crippen molar-refractivity contribution in [3.63, 3.8) is 0 Å². The van der Waals surface area contributed by atoms with E-state index in [1.54, 1.807) is 0 Å². The van der Waals surface area contributed by atoms with Crippen LogP contribution < -0.4 is 9.47 Å². The van der Waals surface area contributed by atoms with Crippen LogP contribution in [-0.4, -0.2) is 30.2 Å². The van der Waals surface area contributed by atoms with E-state index < -0.39 is 0 Å². The summed E-state index contributed by atoms with van der Waals surface area (Å²) in [5, 5.41) is 20.4. The molecular formula is C21H26O5. The molecule has 0 heterocycles. The lowest BCUT2D eigenvalue weighted by molar-refractivity contribution is 0.0979. The number of rotatable bonds is 10. The minimum Gasteiger partial charge on any atom is -0.504 e. The number of ether oxygens (including phenoxy) is 2. The molecule has 0 unspecified atom stereocenters. The molecule has 2 aromatic rings. The molecule has 0 saturated carbocycles. The third-order valence-corrected chi connectivity index (χ3v) is 4.42. The van der Waals surface area contributed by atoms with Gasteiger partial charge in [0.2, 0.25) is 0 Å². The maximum absolute atomic E-state index is 12.0. The zero-order valence-corrected chi connectivity index (χ0v) is 15.3. The maximum Gasteiger partial charge on any atom is 0.164 e. The van der Waals surface area contributed by atoms with Crippen molar-refractivity contribution < 1.29 is 24.5 Å². The summed E-state index contributed by atoms with van der Waals surface area (Å²) in [6.07, 6.45) is 4.48. The topological polar surface area (TPSA) is 76.0 Å². The van der Waals surface area contributed by atoms with Crippen LogP contribution in [0.3, 0.4) is 0 Å². The van der Waals surface area contributed by atoms with Crippen molar-refractivity contribution >= 4 is 5.78 Å². The molecule has 5 heteroatoms. The van der Waals surface area contributed by atoms with Gasteiger partial charge < -0.3 is 19.7 Å². The molecule has 0 radical (unpaired) electrons. The molecule has 0 aliphatic rings. The minimum atomic E-state index is -0.0509. The van der Waals surface area contributed by atoms with Crippen molar-refractivity contribution in [1.82, 2.24) is 0 Å². The molecule has 5 nitrogen and oxygen atoms in total. The zero-order valence-electron chi connectivity index (χ0n) is 15.3. The van der Waals surface area contributed by atoms with Crippen LogP contribution in [0.4, 0.5) is 0 Å². The van der Waals surface area contributed by atoms with Gasteiger partial charge in [0.15, 0.2) is 28.8 Å². The smallest absolute Gasteiger partial charge is 0.164 e. The van der Waals surface area contributed by atoms with Crippen molar-refractivity contribution in [2.24, 2.45) is 0 Å². The fraction of sp³-hybridized carbons (Fsp3) is 0.381. The van der Waals surface area contributed by atoms with Crippen LogP contribution in [0, 0.1) is 0 Å². The van der Waals surface area contributed by atoms with Crippen LogP contribution in [0.5, 0.6) is 23.0 Å². The number of benzene rings is 2. The Morgan fingerprint density at radius 2 is 1.46 bits per heavy atom. The van der Waals surface area contributed by atoms with E-state index in [-0.39, 0.29) is 28.8 Å². The number of phenolic OH excluding ortho intramolecular Hbond substituents is 2.